The third kappa shape index (κ3) is 6.05. The van der Waals surface area contributed by atoms with Crippen LogP contribution in [-0.4, -0.2) is 30.0 Å². The molecule has 0 heterocycles. The van der Waals surface area contributed by atoms with E-state index >= 15 is 0 Å². The molecular formula is C11H24N2OS. The highest BCUT2D eigenvalue weighted by molar-refractivity contribution is 7.98. The van der Waals surface area contributed by atoms with Crippen LogP contribution < -0.4 is 11.1 Å². The molecule has 0 rings (SSSR count). The summed E-state index contributed by atoms with van der Waals surface area (Å²) in [7, 11) is 0. The second-order valence-corrected chi connectivity index (χ2v) is 5.06. The Bertz CT molecular complexity index is 187. The average Bonchev–Trinajstić information content (AvgIpc) is 2.21. The summed E-state index contributed by atoms with van der Waals surface area (Å²) >= 11 is 1.84. The number of nitrogens with one attached hydrogen (secondary N) is 1. The summed E-state index contributed by atoms with van der Waals surface area (Å²) < 4.78 is 0. The molecular weight excluding hydrogens is 208 g/mol. The molecule has 15 heavy (non-hydrogen) atoms. The monoisotopic (exact) mass is 232 g/mol. The fraction of sp³-hybridized carbons (Fsp3) is 0.909. The van der Waals surface area contributed by atoms with E-state index in [0.29, 0.717) is 0 Å². The summed E-state index contributed by atoms with van der Waals surface area (Å²) in [6.07, 6.45) is 6.16. The first kappa shape index (κ1) is 14.8. The minimum absolute atomic E-state index is 0.236. The van der Waals surface area contributed by atoms with Crippen molar-refractivity contribution >= 4 is 17.7 Å². The van der Waals surface area contributed by atoms with Crippen LogP contribution >= 0.6 is 11.8 Å². The van der Waals surface area contributed by atoms with Crippen molar-refractivity contribution in [2.24, 2.45) is 5.73 Å². The summed E-state index contributed by atoms with van der Waals surface area (Å²) in [6, 6.07) is 0. The lowest BCUT2D eigenvalue weighted by molar-refractivity contribution is -0.124. The molecule has 0 aliphatic rings. The quantitative estimate of drug-likeness (QED) is 0.596. The molecule has 0 spiro atoms. The fourth-order valence-corrected chi connectivity index (χ4v) is 1.92. The van der Waals surface area contributed by atoms with E-state index < -0.39 is 5.54 Å². The number of amides is 1. The van der Waals surface area contributed by atoms with Crippen molar-refractivity contribution in [1.29, 1.82) is 0 Å². The van der Waals surface area contributed by atoms with E-state index in [0.717, 1.165) is 38.0 Å². The Morgan fingerprint density at radius 2 is 2.13 bits per heavy atom. The SMILES string of the molecule is CCCNC(C)(CCCCSC)C(N)=O. The van der Waals surface area contributed by atoms with Crippen molar-refractivity contribution in [3.63, 3.8) is 0 Å². The maximum Gasteiger partial charge on any atom is 0.237 e. The van der Waals surface area contributed by atoms with E-state index in [1.807, 2.05) is 18.7 Å². The van der Waals surface area contributed by atoms with Crippen molar-refractivity contribution < 1.29 is 4.79 Å². The number of hydrogen-bond donors (Lipinski definition) is 2. The number of unbranched alkanes of at least 4 members (excludes halogenated alkanes) is 1. The van der Waals surface area contributed by atoms with Gasteiger partial charge in [-0.1, -0.05) is 13.3 Å². The molecule has 3 N–H and O–H groups in total. The molecule has 0 aromatic heterocycles. The lowest BCUT2D eigenvalue weighted by Gasteiger charge is -2.27. The Morgan fingerprint density at radius 3 is 2.60 bits per heavy atom. The standard InChI is InChI=1S/C11H24N2OS/c1-4-8-13-11(2,10(12)14)7-5-6-9-15-3/h13H,4-9H2,1-3H3,(H2,12,14). The van der Waals surface area contributed by atoms with Crippen molar-refractivity contribution in [3.8, 4) is 0 Å². The molecule has 0 aliphatic carbocycles. The predicted octanol–water partition coefficient (Wildman–Crippen LogP) is 1.76. The van der Waals surface area contributed by atoms with Crippen LogP contribution in [0.3, 0.4) is 0 Å². The van der Waals surface area contributed by atoms with E-state index in [-0.39, 0.29) is 5.91 Å². The van der Waals surface area contributed by atoms with E-state index in [9.17, 15) is 4.79 Å². The second-order valence-electron chi connectivity index (χ2n) is 4.07. The van der Waals surface area contributed by atoms with Gasteiger partial charge in [-0.15, -0.1) is 0 Å². The summed E-state index contributed by atoms with van der Waals surface area (Å²) in [5.41, 5.74) is 4.90. The van der Waals surface area contributed by atoms with E-state index in [1.165, 1.54) is 0 Å². The third-order valence-electron chi connectivity index (χ3n) is 2.58. The van der Waals surface area contributed by atoms with Gasteiger partial charge in [0.2, 0.25) is 5.91 Å². The molecule has 0 saturated carbocycles. The van der Waals surface area contributed by atoms with Gasteiger partial charge in [-0.3, -0.25) is 4.79 Å². The van der Waals surface area contributed by atoms with Gasteiger partial charge < -0.3 is 11.1 Å². The highest BCUT2D eigenvalue weighted by atomic mass is 32.2. The highest BCUT2D eigenvalue weighted by Crippen LogP contribution is 2.14. The van der Waals surface area contributed by atoms with Crippen LogP contribution in [0.5, 0.6) is 0 Å². The van der Waals surface area contributed by atoms with Gasteiger partial charge in [0, 0.05) is 0 Å². The van der Waals surface area contributed by atoms with Gasteiger partial charge in [0.15, 0.2) is 0 Å². The minimum Gasteiger partial charge on any atom is -0.368 e. The number of nitrogens with two attached hydrogens (primary N) is 1. The Labute approximate surface area is 97.6 Å². The van der Waals surface area contributed by atoms with Crippen molar-refractivity contribution in [3.05, 3.63) is 0 Å². The predicted molar refractivity (Wildman–Crippen MR) is 68.1 cm³/mol. The average molecular weight is 232 g/mol. The van der Waals surface area contributed by atoms with Crippen molar-refractivity contribution in [2.75, 3.05) is 18.6 Å². The first-order valence-electron chi connectivity index (χ1n) is 5.60. The van der Waals surface area contributed by atoms with Crippen LogP contribution in [-0.2, 0) is 4.79 Å². The molecule has 1 unspecified atom stereocenters. The van der Waals surface area contributed by atoms with Gasteiger partial charge in [-0.25, -0.2) is 0 Å². The van der Waals surface area contributed by atoms with Gasteiger partial charge >= 0.3 is 0 Å². The summed E-state index contributed by atoms with van der Waals surface area (Å²) in [5.74, 6) is 0.919. The Morgan fingerprint density at radius 1 is 1.47 bits per heavy atom. The molecule has 90 valence electrons. The minimum atomic E-state index is -0.519. The molecule has 1 amide bonds. The maximum atomic E-state index is 11.3. The summed E-state index contributed by atoms with van der Waals surface area (Å²) in [6.45, 7) is 4.84. The number of hydrogen-bond acceptors (Lipinski definition) is 3. The number of primary amides is 1. The smallest absolute Gasteiger partial charge is 0.237 e. The van der Waals surface area contributed by atoms with Crippen LogP contribution in [0.2, 0.25) is 0 Å². The first-order chi connectivity index (χ1) is 7.06. The van der Waals surface area contributed by atoms with E-state index in [4.69, 9.17) is 5.73 Å². The normalized spacial score (nSPS) is 14.9. The van der Waals surface area contributed by atoms with Gasteiger partial charge in [0.25, 0.3) is 0 Å². The molecule has 0 saturated heterocycles. The molecule has 0 aromatic carbocycles. The molecule has 1 atom stereocenters. The van der Waals surface area contributed by atoms with Gasteiger partial charge in [-0.2, -0.15) is 11.8 Å². The summed E-state index contributed by atoms with van der Waals surface area (Å²) in [4.78, 5) is 11.3. The first-order valence-corrected chi connectivity index (χ1v) is 7.00. The highest BCUT2D eigenvalue weighted by Gasteiger charge is 2.28. The number of carbonyl (C=O) groups is 1. The molecule has 3 nitrogen and oxygen atoms in total. The topological polar surface area (TPSA) is 55.1 Å². The number of thioether (sulfide) groups is 1. The third-order valence-corrected chi connectivity index (χ3v) is 3.28. The lowest BCUT2D eigenvalue weighted by Crippen LogP contribution is -2.53. The number of rotatable bonds is 9. The van der Waals surface area contributed by atoms with Gasteiger partial charge in [0.1, 0.15) is 0 Å². The molecule has 0 aliphatic heterocycles. The van der Waals surface area contributed by atoms with Crippen LogP contribution in [0.25, 0.3) is 0 Å². The maximum absolute atomic E-state index is 11.3. The van der Waals surface area contributed by atoms with Crippen molar-refractivity contribution in [1.82, 2.24) is 5.32 Å². The lowest BCUT2D eigenvalue weighted by atomic mass is 9.94. The van der Waals surface area contributed by atoms with Crippen LogP contribution in [0, 0.1) is 0 Å². The van der Waals surface area contributed by atoms with Gasteiger partial charge in [0.05, 0.1) is 5.54 Å². The zero-order valence-corrected chi connectivity index (χ0v) is 11.0. The Kier molecular flexibility index (Phi) is 7.88. The van der Waals surface area contributed by atoms with E-state index in [2.05, 4.69) is 18.5 Å². The molecule has 0 radical (unpaired) electrons. The number of carbonyl (C=O) groups excluding carboxylic acids is 1. The van der Waals surface area contributed by atoms with Crippen LogP contribution in [0.1, 0.15) is 39.5 Å². The van der Waals surface area contributed by atoms with Crippen LogP contribution in [0.15, 0.2) is 0 Å². The zero-order valence-electron chi connectivity index (χ0n) is 10.1. The molecule has 0 bridgehead atoms. The molecule has 0 fully saturated rings. The Balaban J connectivity index is 3.96. The van der Waals surface area contributed by atoms with Crippen LogP contribution in [0.4, 0.5) is 0 Å². The van der Waals surface area contributed by atoms with Gasteiger partial charge in [-0.05, 0) is 44.7 Å². The molecule has 0 aromatic rings. The Hall–Kier alpha value is -0.220. The summed E-state index contributed by atoms with van der Waals surface area (Å²) in [5, 5.41) is 3.24. The zero-order chi connectivity index (χ0) is 11.7. The second kappa shape index (κ2) is 7.99. The fourth-order valence-electron chi connectivity index (χ4n) is 1.42. The van der Waals surface area contributed by atoms with Crippen molar-refractivity contribution in [2.45, 2.75) is 45.1 Å². The largest absolute Gasteiger partial charge is 0.368 e. The van der Waals surface area contributed by atoms with E-state index in [1.54, 1.807) is 0 Å². The molecule has 4 heteroatoms.